The van der Waals surface area contributed by atoms with Crippen LogP contribution in [0.25, 0.3) is 0 Å². The van der Waals surface area contributed by atoms with E-state index in [1.165, 1.54) is 6.54 Å². The minimum atomic E-state index is -5.66. The van der Waals surface area contributed by atoms with Crippen LogP contribution in [0.15, 0.2) is 0 Å². The lowest BCUT2D eigenvalue weighted by Crippen LogP contribution is -2.41. The lowest BCUT2D eigenvalue weighted by molar-refractivity contribution is -0.888. The highest BCUT2D eigenvalue weighted by atomic mass is 32.3. The molecule has 0 aromatic carbocycles. The molecule has 0 radical (unpaired) electrons. The monoisotopic (exact) mass is 297 g/mol. The average Bonchev–Trinajstić information content (AvgIpc) is 2.10. The first-order chi connectivity index (χ1) is 7.83. The van der Waals surface area contributed by atoms with Gasteiger partial charge in [0.2, 0.25) is 10.4 Å². The first-order valence-electron chi connectivity index (χ1n) is 4.87. The molecule has 0 aromatic rings. The Morgan fingerprint density at radius 3 is 1.89 bits per heavy atom. The summed E-state index contributed by atoms with van der Waals surface area (Å²) in [5.74, 6) is 0. The van der Waals surface area contributed by atoms with E-state index in [2.05, 4.69) is 21.0 Å². The third kappa shape index (κ3) is 18.0. The Labute approximate surface area is 105 Å². The summed E-state index contributed by atoms with van der Waals surface area (Å²) in [5.41, 5.74) is 0. The number of halogens is 3. The second-order valence-electron chi connectivity index (χ2n) is 3.91. The standard InChI is InChI=1S/C7H18NO.CHF3O4S/c1-5-8(2,3)6-7-9-4;2-1(3,4)8-9(5,6)7/h5-7H2,1-4H3;(H,5,6,7)/q+1;/p-1. The van der Waals surface area contributed by atoms with Crippen LogP contribution in [-0.4, -0.2) is 64.7 Å². The van der Waals surface area contributed by atoms with Gasteiger partial charge in [-0.05, 0) is 6.92 Å². The van der Waals surface area contributed by atoms with Gasteiger partial charge in [0.15, 0.2) is 0 Å². The summed E-state index contributed by atoms with van der Waals surface area (Å²) in [6.45, 7) is 5.33. The molecule has 0 spiro atoms. The van der Waals surface area contributed by atoms with Crippen LogP contribution in [0, 0.1) is 0 Å². The van der Waals surface area contributed by atoms with Crippen molar-refractivity contribution in [2.75, 3.05) is 40.9 Å². The first kappa shape index (κ1) is 19.9. The smallest absolute Gasteiger partial charge is 0.536 e. The van der Waals surface area contributed by atoms with E-state index < -0.39 is 16.8 Å². The molecule has 0 aliphatic carbocycles. The van der Waals surface area contributed by atoms with Gasteiger partial charge in [0.1, 0.15) is 6.54 Å². The highest BCUT2D eigenvalue weighted by Crippen LogP contribution is 2.17. The van der Waals surface area contributed by atoms with Crippen LogP contribution in [0.3, 0.4) is 0 Å². The zero-order chi connectivity index (χ0) is 15.0. The van der Waals surface area contributed by atoms with Crippen LogP contribution in [0.2, 0.25) is 0 Å². The largest absolute Gasteiger partial charge is 0.725 e. The molecule has 0 amide bonds. The minimum Gasteiger partial charge on any atom is -0.725 e. The van der Waals surface area contributed by atoms with E-state index in [-0.39, 0.29) is 0 Å². The minimum absolute atomic E-state index is 0.862. The zero-order valence-corrected chi connectivity index (χ0v) is 11.5. The SMILES string of the molecule is CC[N+](C)(C)CCOC.O=S(=O)([O-])OC(F)(F)F. The number of ether oxygens (including phenoxy) is 1. The van der Waals surface area contributed by atoms with E-state index in [1.54, 1.807) is 7.11 Å². The van der Waals surface area contributed by atoms with Gasteiger partial charge in [0, 0.05) is 7.11 Å². The van der Waals surface area contributed by atoms with Crippen molar-refractivity contribution in [1.29, 1.82) is 0 Å². The molecule has 0 rings (SSSR count). The number of hydrogen-bond acceptors (Lipinski definition) is 5. The summed E-state index contributed by atoms with van der Waals surface area (Å²) in [6.07, 6.45) is -5.42. The van der Waals surface area contributed by atoms with Crippen molar-refractivity contribution in [1.82, 2.24) is 0 Å². The van der Waals surface area contributed by atoms with Crippen LogP contribution in [0.5, 0.6) is 0 Å². The molecule has 0 atom stereocenters. The Bertz CT molecular complexity index is 315. The van der Waals surface area contributed by atoms with Crippen LogP contribution in [0.1, 0.15) is 6.92 Å². The highest BCUT2D eigenvalue weighted by Gasteiger charge is 2.32. The van der Waals surface area contributed by atoms with Crippen molar-refractivity contribution < 1.29 is 39.5 Å². The molecular formula is C8H18F3NO5S. The number of rotatable bonds is 5. The average molecular weight is 297 g/mol. The summed E-state index contributed by atoms with van der Waals surface area (Å²) >= 11 is 0. The maximum atomic E-state index is 10.8. The molecule has 0 aliphatic rings. The maximum Gasteiger partial charge on any atom is 0.536 e. The molecule has 0 saturated carbocycles. The predicted octanol–water partition coefficient (Wildman–Crippen LogP) is 0.712. The second-order valence-corrected chi connectivity index (χ2v) is 4.89. The quantitative estimate of drug-likeness (QED) is 0.424. The molecule has 0 heterocycles. The molecule has 0 fully saturated rings. The van der Waals surface area contributed by atoms with Crippen molar-refractivity contribution in [3.63, 3.8) is 0 Å². The van der Waals surface area contributed by atoms with Crippen molar-refractivity contribution in [2.24, 2.45) is 0 Å². The van der Waals surface area contributed by atoms with Gasteiger partial charge in [0.05, 0.1) is 27.2 Å². The van der Waals surface area contributed by atoms with Gasteiger partial charge in [-0.15, -0.1) is 13.2 Å². The molecule has 10 heteroatoms. The molecule has 6 nitrogen and oxygen atoms in total. The predicted molar refractivity (Wildman–Crippen MR) is 56.2 cm³/mol. The number of methoxy groups -OCH3 is 1. The zero-order valence-electron chi connectivity index (χ0n) is 10.7. The van der Waals surface area contributed by atoms with Crippen LogP contribution in [0.4, 0.5) is 13.2 Å². The molecular weight excluding hydrogens is 279 g/mol. The maximum absolute atomic E-state index is 10.8. The van der Waals surface area contributed by atoms with Gasteiger partial charge < -0.3 is 13.8 Å². The summed E-state index contributed by atoms with van der Waals surface area (Å²) in [7, 11) is 0.504. The fourth-order valence-corrected chi connectivity index (χ4v) is 0.844. The molecule has 0 unspecified atom stereocenters. The fourth-order valence-electron chi connectivity index (χ4n) is 0.612. The normalized spacial score (nSPS) is 12.9. The topological polar surface area (TPSA) is 75.7 Å². The van der Waals surface area contributed by atoms with Crippen molar-refractivity contribution in [3.8, 4) is 0 Å². The number of hydrogen-bond donors (Lipinski definition) is 0. The van der Waals surface area contributed by atoms with Gasteiger partial charge in [-0.1, -0.05) is 0 Å². The molecule has 112 valence electrons. The number of nitrogens with zero attached hydrogens (tertiary/aromatic N) is 1. The Morgan fingerprint density at radius 1 is 1.28 bits per heavy atom. The third-order valence-corrected chi connectivity index (χ3v) is 2.35. The van der Waals surface area contributed by atoms with Gasteiger partial charge in [-0.2, -0.15) is 4.18 Å². The summed E-state index contributed by atoms with van der Waals surface area (Å²) < 4.78 is 67.8. The fraction of sp³-hybridized carbons (Fsp3) is 1.00. The molecule has 0 aliphatic heterocycles. The molecule has 0 saturated heterocycles. The summed E-state index contributed by atoms with van der Waals surface area (Å²) in [4.78, 5) is 0. The molecule has 0 aromatic heterocycles. The van der Waals surface area contributed by atoms with E-state index in [4.69, 9.17) is 17.7 Å². The number of quaternary nitrogens is 1. The first-order valence-corrected chi connectivity index (χ1v) is 6.20. The number of likely N-dealkylation sites (N-methyl/N-ethyl adjacent to an activating group) is 1. The summed E-state index contributed by atoms with van der Waals surface area (Å²) in [5, 5.41) is 0. The molecule has 18 heavy (non-hydrogen) atoms. The Hall–Kier alpha value is -0.420. The van der Waals surface area contributed by atoms with Crippen LogP contribution >= 0.6 is 0 Å². The lowest BCUT2D eigenvalue weighted by Gasteiger charge is -2.27. The van der Waals surface area contributed by atoms with Gasteiger partial charge in [-0.25, -0.2) is 8.42 Å². The van der Waals surface area contributed by atoms with E-state index in [1.807, 2.05) is 4.18 Å². The Morgan fingerprint density at radius 2 is 1.72 bits per heavy atom. The highest BCUT2D eigenvalue weighted by molar-refractivity contribution is 7.80. The summed E-state index contributed by atoms with van der Waals surface area (Å²) in [6, 6.07) is 0. The molecule has 0 bridgehead atoms. The van der Waals surface area contributed by atoms with Gasteiger partial charge in [-0.3, -0.25) is 0 Å². The van der Waals surface area contributed by atoms with E-state index in [0.29, 0.717) is 0 Å². The third-order valence-electron chi connectivity index (χ3n) is 1.95. The second kappa shape index (κ2) is 7.89. The van der Waals surface area contributed by atoms with Crippen LogP contribution < -0.4 is 0 Å². The van der Waals surface area contributed by atoms with E-state index >= 15 is 0 Å². The van der Waals surface area contributed by atoms with Crippen molar-refractivity contribution >= 4 is 10.4 Å². The van der Waals surface area contributed by atoms with Crippen LogP contribution in [-0.2, 0) is 19.3 Å². The Kier molecular flexibility index (Phi) is 8.73. The molecule has 0 N–H and O–H groups in total. The Balaban J connectivity index is 0. The van der Waals surface area contributed by atoms with Gasteiger partial charge >= 0.3 is 6.36 Å². The van der Waals surface area contributed by atoms with Crippen molar-refractivity contribution in [2.45, 2.75) is 13.3 Å². The van der Waals surface area contributed by atoms with E-state index in [9.17, 15) is 13.2 Å². The number of alkyl halides is 3. The van der Waals surface area contributed by atoms with E-state index in [0.717, 1.165) is 17.6 Å². The lowest BCUT2D eigenvalue weighted by atomic mass is 10.4. The van der Waals surface area contributed by atoms with Crippen molar-refractivity contribution in [3.05, 3.63) is 0 Å². The van der Waals surface area contributed by atoms with Gasteiger partial charge in [0.25, 0.3) is 0 Å².